The summed E-state index contributed by atoms with van der Waals surface area (Å²) in [5.74, 6) is -0.396. The van der Waals surface area contributed by atoms with Gasteiger partial charge in [0.15, 0.2) is 0 Å². The Hall–Kier alpha value is -2.66. The number of hydrogen-bond donors (Lipinski definition) is 0. The van der Waals surface area contributed by atoms with E-state index < -0.39 is 5.97 Å². The van der Waals surface area contributed by atoms with Gasteiger partial charge in [0, 0.05) is 6.61 Å². The van der Waals surface area contributed by atoms with E-state index >= 15 is 0 Å². The highest BCUT2D eigenvalue weighted by atomic mass is 16.6. The highest BCUT2D eigenvalue weighted by Crippen LogP contribution is 2.14. The van der Waals surface area contributed by atoms with Crippen LogP contribution in [0.5, 0.6) is 5.75 Å². The molecule has 5 nitrogen and oxygen atoms in total. The molecule has 0 aliphatic carbocycles. The van der Waals surface area contributed by atoms with E-state index in [1.165, 1.54) is 0 Å². The normalized spacial score (nSPS) is 10.2. The fourth-order valence-electron chi connectivity index (χ4n) is 2.01. The predicted molar refractivity (Wildman–Crippen MR) is 89.0 cm³/mol. The maximum absolute atomic E-state index is 11.9. The Morgan fingerprint density at radius 3 is 2.29 bits per heavy atom. The van der Waals surface area contributed by atoms with Gasteiger partial charge in [-0.3, -0.25) is 4.79 Å². The highest BCUT2D eigenvalue weighted by Gasteiger charge is 2.09. The van der Waals surface area contributed by atoms with Gasteiger partial charge in [-0.2, -0.15) is 0 Å². The lowest BCUT2D eigenvalue weighted by Gasteiger charge is -2.07. The first-order valence-electron chi connectivity index (χ1n) is 7.78. The van der Waals surface area contributed by atoms with Crippen LogP contribution in [0.25, 0.3) is 0 Å². The largest absolute Gasteiger partial charge is 0.460 e. The Morgan fingerprint density at radius 2 is 1.62 bits per heavy atom. The summed E-state index contributed by atoms with van der Waals surface area (Å²) in [5, 5.41) is 0. The van der Waals surface area contributed by atoms with Crippen molar-refractivity contribution in [2.24, 2.45) is 0 Å². The van der Waals surface area contributed by atoms with E-state index in [0.717, 1.165) is 5.56 Å². The van der Waals surface area contributed by atoms with Crippen molar-refractivity contribution >= 4 is 11.9 Å². The molecule has 0 aliphatic rings. The zero-order chi connectivity index (χ0) is 17.2. The first kappa shape index (κ1) is 17.7. The molecule has 0 amide bonds. The van der Waals surface area contributed by atoms with Crippen molar-refractivity contribution in [2.75, 3.05) is 19.8 Å². The third-order valence-electron chi connectivity index (χ3n) is 3.18. The van der Waals surface area contributed by atoms with E-state index in [0.29, 0.717) is 24.5 Å². The number of esters is 2. The minimum absolute atomic E-state index is 0.196. The minimum Gasteiger partial charge on any atom is -0.460 e. The average Bonchev–Trinajstić information content (AvgIpc) is 2.60. The molecule has 0 saturated heterocycles. The van der Waals surface area contributed by atoms with Crippen LogP contribution >= 0.6 is 0 Å². The molecule has 0 unspecified atom stereocenters. The fourth-order valence-corrected chi connectivity index (χ4v) is 2.01. The van der Waals surface area contributed by atoms with Crippen LogP contribution in [-0.4, -0.2) is 31.8 Å². The summed E-state index contributed by atoms with van der Waals surface area (Å²) in [6.45, 7) is 3.04. The van der Waals surface area contributed by atoms with Gasteiger partial charge in [-0.25, -0.2) is 4.79 Å². The van der Waals surface area contributed by atoms with Crippen molar-refractivity contribution in [3.8, 4) is 5.75 Å². The number of ether oxygens (including phenoxy) is 3. The van der Waals surface area contributed by atoms with Gasteiger partial charge in [-0.1, -0.05) is 30.3 Å². The van der Waals surface area contributed by atoms with E-state index in [-0.39, 0.29) is 19.0 Å². The molecule has 0 fully saturated rings. The molecular weight excluding hydrogens is 308 g/mol. The Kier molecular flexibility index (Phi) is 6.98. The molecule has 2 aromatic rings. The maximum atomic E-state index is 11.9. The van der Waals surface area contributed by atoms with Gasteiger partial charge in [0.1, 0.15) is 12.4 Å². The van der Waals surface area contributed by atoms with Crippen LogP contribution in [0.1, 0.15) is 22.8 Å². The van der Waals surface area contributed by atoms with Crippen LogP contribution in [-0.2, 0) is 20.7 Å². The van der Waals surface area contributed by atoms with Crippen molar-refractivity contribution in [3.05, 3.63) is 65.7 Å². The van der Waals surface area contributed by atoms with E-state index in [2.05, 4.69) is 0 Å². The zero-order valence-electron chi connectivity index (χ0n) is 13.6. The standard InChI is InChI=1S/C19H20O5/c1-2-22-12-13-23-19(21)16-8-10-17(11-9-16)24-18(20)14-15-6-4-3-5-7-15/h3-11H,2,12-14H2,1H3. The average molecular weight is 328 g/mol. The third kappa shape index (κ3) is 5.85. The summed E-state index contributed by atoms with van der Waals surface area (Å²) in [7, 11) is 0. The lowest BCUT2D eigenvalue weighted by atomic mass is 10.1. The number of carbonyl (C=O) groups is 2. The predicted octanol–water partition coefficient (Wildman–Crippen LogP) is 3.03. The summed E-state index contributed by atoms with van der Waals surface area (Å²) in [5.41, 5.74) is 1.28. The molecule has 0 aliphatic heterocycles. The van der Waals surface area contributed by atoms with Crippen LogP contribution in [0.4, 0.5) is 0 Å². The monoisotopic (exact) mass is 328 g/mol. The van der Waals surface area contributed by atoms with Gasteiger partial charge in [-0.05, 0) is 36.8 Å². The molecule has 24 heavy (non-hydrogen) atoms. The number of hydrogen-bond acceptors (Lipinski definition) is 5. The topological polar surface area (TPSA) is 61.8 Å². The molecule has 2 rings (SSSR count). The second kappa shape index (κ2) is 9.47. The Labute approximate surface area is 141 Å². The SMILES string of the molecule is CCOCCOC(=O)c1ccc(OC(=O)Cc2ccccc2)cc1. The molecule has 0 radical (unpaired) electrons. The van der Waals surface area contributed by atoms with Gasteiger partial charge in [0.05, 0.1) is 18.6 Å². The van der Waals surface area contributed by atoms with Crippen LogP contribution in [0.3, 0.4) is 0 Å². The molecule has 5 heteroatoms. The highest BCUT2D eigenvalue weighted by molar-refractivity contribution is 5.89. The molecule has 0 N–H and O–H groups in total. The number of rotatable bonds is 8. The quantitative estimate of drug-likeness (QED) is 0.423. The molecule has 2 aromatic carbocycles. The van der Waals surface area contributed by atoms with E-state index in [9.17, 15) is 9.59 Å². The van der Waals surface area contributed by atoms with Crippen molar-refractivity contribution in [2.45, 2.75) is 13.3 Å². The summed E-state index contributed by atoms with van der Waals surface area (Å²) in [4.78, 5) is 23.7. The molecule has 0 bridgehead atoms. The van der Waals surface area contributed by atoms with Crippen LogP contribution in [0.15, 0.2) is 54.6 Å². The Bertz CT molecular complexity index is 649. The Morgan fingerprint density at radius 1 is 0.917 bits per heavy atom. The summed E-state index contributed by atoms with van der Waals surface area (Å²) < 4.78 is 15.4. The van der Waals surface area contributed by atoms with Crippen molar-refractivity contribution in [1.82, 2.24) is 0 Å². The first-order chi connectivity index (χ1) is 11.7. The van der Waals surface area contributed by atoms with Crippen LogP contribution < -0.4 is 4.74 Å². The first-order valence-corrected chi connectivity index (χ1v) is 7.78. The van der Waals surface area contributed by atoms with Gasteiger partial charge < -0.3 is 14.2 Å². The van der Waals surface area contributed by atoms with Gasteiger partial charge in [0.2, 0.25) is 0 Å². The molecule has 0 spiro atoms. The third-order valence-corrected chi connectivity index (χ3v) is 3.18. The van der Waals surface area contributed by atoms with Crippen LogP contribution in [0.2, 0.25) is 0 Å². The smallest absolute Gasteiger partial charge is 0.338 e. The second-order valence-electron chi connectivity index (χ2n) is 4.99. The maximum Gasteiger partial charge on any atom is 0.338 e. The number of benzene rings is 2. The molecule has 0 saturated carbocycles. The van der Waals surface area contributed by atoms with E-state index in [1.807, 2.05) is 37.3 Å². The lowest BCUT2D eigenvalue weighted by molar-refractivity contribution is -0.133. The number of carbonyl (C=O) groups excluding carboxylic acids is 2. The molecule has 0 atom stereocenters. The summed E-state index contributed by atoms with van der Waals surface area (Å²) in [6, 6.07) is 15.6. The van der Waals surface area contributed by atoms with Crippen molar-refractivity contribution in [1.29, 1.82) is 0 Å². The van der Waals surface area contributed by atoms with Gasteiger partial charge >= 0.3 is 11.9 Å². The Balaban J connectivity index is 1.83. The molecule has 0 heterocycles. The zero-order valence-corrected chi connectivity index (χ0v) is 13.6. The lowest BCUT2D eigenvalue weighted by Crippen LogP contribution is -2.12. The molecule has 0 aromatic heterocycles. The summed E-state index contributed by atoms with van der Waals surface area (Å²) in [6.07, 6.45) is 0.196. The van der Waals surface area contributed by atoms with Crippen molar-refractivity contribution in [3.63, 3.8) is 0 Å². The van der Waals surface area contributed by atoms with Gasteiger partial charge in [-0.15, -0.1) is 0 Å². The second-order valence-corrected chi connectivity index (χ2v) is 4.99. The molecule has 126 valence electrons. The molecular formula is C19H20O5. The minimum atomic E-state index is -0.433. The van der Waals surface area contributed by atoms with Crippen molar-refractivity contribution < 1.29 is 23.8 Å². The summed E-state index contributed by atoms with van der Waals surface area (Å²) >= 11 is 0. The van der Waals surface area contributed by atoms with Crippen LogP contribution in [0, 0.1) is 0 Å². The fraction of sp³-hybridized carbons (Fsp3) is 0.263. The van der Waals surface area contributed by atoms with E-state index in [1.54, 1.807) is 24.3 Å². The van der Waals surface area contributed by atoms with Gasteiger partial charge in [0.25, 0.3) is 0 Å². The van der Waals surface area contributed by atoms with E-state index in [4.69, 9.17) is 14.2 Å².